The first kappa shape index (κ1) is 15.4. The molecule has 2 aromatic carbocycles. The Hall–Kier alpha value is -1.98. The molecule has 0 fully saturated rings. The van der Waals surface area contributed by atoms with Crippen molar-refractivity contribution < 1.29 is 18.7 Å². The minimum Gasteiger partial charge on any atom is -0.387 e. The number of aliphatic hydroxyl groups is 1. The van der Waals surface area contributed by atoms with E-state index in [-0.39, 0.29) is 6.54 Å². The second-order valence-corrected chi connectivity index (χ2v) is 4.78. The summed E-state index contributed by atoms with van der Waals surface area (Å²) < 4.78 is 26.4. The van der Waals surface area contributed by atoms with Gasteiger partial charge in [-0.05, 0) is 24.3 Å². The van der Waals surface area contributed by atoms with Crippen LogP contribution in [-0.2, 0) is 0 Å². The van der Waals surface area contributed by atoms with Crippen LogP contribution in [0, 0.1) is 11.6 Å². The zero-order valence-electron chi connectivity index (χ0n) is 10.8. The van der Waals surface area contributed by atoms with Gasteiger partial charge in [-0.1, -0.05) is 29.8 Å². The summed E-state index contributed by atoms with van der Waals surface area (Å²) >= 11 is 5.92. The SMILES string of the molecule is O=C(NCC(O)c1ccccc1Cl)c1cc(F)ccc1F. The normalized spacial score (nSPS) is 12.0. The van der Waals surface area contributed by atoms with Gasteiger partial charge in [0.15, 0.2) is 0 Å². The predicted molar refractivity (Wildman–Crippen MR) is 75.1 cm³/mol. The fourth-order valence-corrected chi connectivity index (χ4v) is 2.07. The van der Waals surface area contributed by atoms with Crippen molar-refractivity contribution in [2.75, 3.05) is 6.54 Å². The predicted octanol–water partition coefficient (Wildman–Crippen LogP) is 3.08. The lowest BCUT2D eigenvalue weighted by atomic mass is 10.1. The van der Waals surface area contributed by atoms with Crippen LogP contribution in [0.2, 0.25) is 5.02 Å². The van der Waals surface area contributed by atoms with Crippen molar-refractivity contribution in [2.45, 2.75) is 6.10 Å². The van der Waals surface area contributed by atoms with Crippen molar-refractivity contribution >= 4 is 17.5 Å². The van der Waals surface area contributed by atoms with E-state index >= 15 is 0 Å². The molecular weight excluding hydrogens is 300 g/mol. The molecule has 2 rings (SSSR count). The van der Waals surface area contributed by atoms with Crippen molar-refractivity contribution in [3.05, 3.63) is 70.2 Å². The van der Waals surface area contributed by atoms with Crippen molar-refractivity contribution in [1.29, 1.82) is 0 Å². The minimum atomic E-state index is -1.04. The van der Waals surface area contributed by atoms with E-state index in [0.717, 1.165) is 18.2 Å². The molecule has 0 saturated carbocycles. The first-order valence-corrected chi connectivity index (χ1v) is 6.52. The molecule has 0 aromatic heterocycles. The Morgan fingerprint density at radius 2 is 1.95 bits per heavy atom. The number of hydrogen-bond acceptors (Lipinski definition) is 2. The lowest BCUT2D eigenvalue weighted by molar-refractivity contribution is 0.0912. The average molecular weight is 312 g/mol. The second kappa shape index (κ2) is 6.65. The third-order valence-corrected chi connectivity index (χ3v) is 3.24. The number of benzene rings is 2. The van der Waals surface area contributed by atoms with E-state index < -0.39 is 29.2 Å². The quantitative estimate of drug-likeness (QED) is 0.911. The summed E-state index contributed by atoms with van der Waals surface area (Å²) in [5.74, 6) is -2.35. The number of carbonyl (C=O) groups excluding carboxylic acids is 1. The van der Waals surface area contributed by atoms with Gasteiger partial charge in [-0.3, -0.25) is 4.79 Å². The van der Waals surface area contributed by atoms with Crippen LogP contribution in [0.25, 0.3) is 0 Å². The van der Waals surface area contributed by atoms with Crippen LogP contribution in [0.4, 0.5) is 8.78 Å². The van der Waals surface area contributed by atoms with Gasteiger partial charge in [0, 0.05) is 17.1 Å². The number of hydrogen-bond donors (Lipinski definition) is 2. The van der Waals surface area contributed by atoms with Crippen LogP contribution < -0.4 is 5.32 Å². The molecule has 0 aliphatic rings. The van der Waals surface area contributed by atoms with Crippen molar-refractivity contribution in [2.24, 2.45) is 0 Å². The summed E-state index contributed by atoms with van der Waals surface area (Å²) in [4.78, 5) is 11.8. The molecule has 2 N–H and O–H groups in total. The Morgan fingerprint density at radius 1 is 1.24 bits per heavy atom. The largest absolute Gasteiger partial charge is 0.387 e. The van der Waals surface area contributed by atoms with Crippen LogP contribution in [-0.4, -0.2) is 17.6 Å². The first-order chi connectivity index (χ1) is 9.99. The molecule has 0 bridgehead atoms. The number of amides is 1. The van der Waals surface area contributed by atoms with Crippen LogP contribution >= 0.6 is 11.6 Å². The Labute approximate surface area is 125 Å². The highest BCUT2D eigenvalue weighted by Gasteiger charge is 2.16. The lowest BCUT2D eigenvalue weighted by Crippen LogP contribution is -2.29. The summed E-state index contributed by atoms with van der Waals surface area (Å²) in [6.07, 6.45) is -1.04. The molecular formula is C15H12ClF2NO2. The van der Waals surface area contributed by atoms with Gasteiger partial charge >= 0.3 is 0 Å². The standard InChI is InChI=1S/C15H12ClF2NO2/c16-12-4-2-1-3-10(12)14(20)8-19-15(21)11-7-9(17)5-6-13(11)18/h1-7,14,20H,8H2,(H,19,21). The van der Waals surface area contributed by atoms with E-state index in [1.54, 1.807) is 24.3 Å². The fourth-order valence-electron chi connectivity index (χ4n) is 1.81. The van der Waals surface area contributed by atoms with Gasteiger partial charge < -0.3 is 10.4 Å². The number of rotatable bonds is 4. The van der Waals surface area contributed by atoms with Crippen molar-refractivity contribution in [3.63, 3.8) is 0 Å². The summed E-state index contributed by atoms with van der Waals surface area (Å²) in [7, 11) is 0. The van der Waals surface area contributed by atoms with Crippen LogP contribution in [0.3, 0.4) is 0 Å². The maximum absolute atomic E-state index is 13.4. The molecule has 0 saturated heterocycles. The molecule has 2 aromatic rings. The lowest BCUT2D eigenvalue weighted by Gasteiger charge is -2.14. The molecule has 0 radical (unpaired) electrons. The fraction of sp³-hybridized carbons (Fsp3) is 0.133. The summed E-state index contributed by atoms with van der Waals surface area (Å²) in [5.41, 5.74) is 0.0283. The smallest absolute Gasteiger partial charge is 0.254 e. The maximum Gasteiger partial charge on any atom is 0.254 e. The van der Waals surface area contributed by atoms with Crippen LogP contribution in [0.1, 0.15) is 22.0 Å². The van der Waals surface area contributed by atoms with Crippen molar-refractivity contribution in [3.8, 4) is 0 Å². The summed E-state index contributed by atoms with van der Waals surface area (Å²) in [5, 5.41) is 12.6. The Morgan fingerprint density at radius 3 is 2.67 bits per heavy atom. The molecule has 0 heterocycles. The average Bonchev–Trinajstić information content (AvgIpc) is 2.47. The van der Waals surface area contributed by atoms with E-state index in [1.807, 2.05) is 0 Å². The van der Waals surface area contributed by atoms with Crippen LogP contribution in [0.5, 0.6) is 0 Å². The van der Waals surface area contributed by atoms with E-state index in [0.29, 0.717) is 10.6 Å². The third-order valence-electron chi connectivity index (χ3n) is 2.89. The van der Waals surface area contributed by atoms with Gasteiger partial charge in [0.1, 0.15) is 11.6 Å². The molecule has 21 heavy (non-hydrogen) atoms. The molecule has 6 heteroatoms. The summed E-state index contributed by atoms with van der Waals surface area (Å²) in [6, 6.07) is 9.21. The highest BCUT2D eigenvalue weighted by atomic mass is 35.5. The highest BCUT2D eigenvalue weighted by molar-refractivity contribution is 6.31. The van der Waals surface area contributed by atoms with Gasteiger partial charge in [0.2, 0.25) is 0 Å². The number of aliphatic hydroxyl groups excluding tert-OH is 1. The molecule has 0 spiro atoms. The van der Waals surface area contributed by atoms with Crippen LogP contribution in [0.15, 0.2) is 42.5 Å². The van der Waals surface area contributed by atoms with Crippen molar-refractivity contribution in [1.82, 2.24) is 5.32 Å². The van der Waals surface area contributed by atoms with Gasteiger partial charge in [-0.25, -0.2) is 8.78 Å². The van der Waals surface area contributed by atoms with E-state index in [1.165, 1.54) is 0 Å². The van der Waals surface area contributed by atoms with Gasteiger partial charge in [-0.15, -0.1) is 0 Å². The van der Waals surface area contributed by atoms with Gasteiger partial charge in [0.25, 0.3) is 5.91 Å². The zero-order valence-corrected chi connectivity index (χ0v) is 11.6. The Bertz CT molecular complexity index is 664. The number of nitrogens with one attached hydrogen (secondary N) is 1. The zero-order chi connectivity index (χ0) is 15.4. The third kappa shape index (κ3) is 3.77. The van der Waals surface area contributed by atoms with E-state index in [4.69, 9.17) is 11.6 Å². The topological polar surface area (TPSA) is 49.3 Å². The number of halogens is 3. The van der Waals surface area contributed by atoms with Gasteiger partial charge in [0.05, 0.1) is 11.7 Å². The molecule has 1 amide bonds. The molecule has 3 nitrogen and oxygen atoms in total. The molecule has 1 atom stereocenters. The van der Waals surface area contributed by atoms with E-state index in [2.05, 4.69) is 5.32 Å². The monoisotopic (exact) mass is 311 g/mol. The highest BCUT2D eigenvalue weighted by Crippen LogP contribution is 2.22. The minimum absolute atomic E-state index is 0.168. The Balaban J connectivity index is 2.04. The molecule has 0 aliphatic heterocycles. The Kier molecular flexibility index (Phi) is 4.88. The summed E-state index contributed by atoms with van der Waals surface area (Å²) in [6.45, 7) is -0.168. The van der Waals surface area contributed by atoms with E-state index in [9.17, 15) is 18.7 Å². The number of carbonyl (C=O) groups is 1. The second-order valence-electron chi connectivity index (χ2n) is 4.37. The van der Waals surface area contributed by atoms with Gasteiger partial charge in [-0.2, -0.15) is 0 Å². The maximum atomic E-state index is 13.4. The molecule has 110 valence electrons. The molecule has 0 aliphatic carbocycles. The molecule has 1 unspecified atom stereocenters. The first-order valence-electron chi connectivity index (χ1n) is 6.15.